The van der Waals surface area contributed by atoms with Crippen molar-refractivity contribution >= 4 is 23.2 Å². The number of halogens is 1. The topological polar surface area (TPSA) is 124 Å². The normalized spacial score (nSPS) is 11.9. The Morgan fingerprint density at radius 3 is 2.41 bits per heavy atom. The minimum Gasteiger partial charge on any atom is -0.398 e. The van der Waals surface area contributed by atoms with Gasteiger partial charge in [0, 0.05) is 5.69 Å². The first-order valence-electron chi connectivity index (χ1n) is 4.77. The molecular formula is C10H13FN4O2. The van der Waals surface area contributed by atoms with Crippen molar-refractivity contribution in [1.29, 1.82) is 0 Å². The van der Waals surface area contributed by atoms with E-state index in [4.69, 9.17) is 17.2 Å². The largest absolute Gasteiger partial charge is 0.398 e. The maximum atomic E-state index is 13.5. The van der Waals surface area contributed by atoms with Gasteiger partial charge in [0.05, 0.1) is 11.3 Å². The molecule has 0 saturated heterocycles. The molecule has 1 aromatic carbocycles. The SMILES string of the molecule is CC(Nc1cc(C(N)=O)c(N)cc1F)C(N)=O. The molecule has 0 saturated carbocycles. The van der Waals surface area contributed by atoms with Crippen molar-refractivity contribution in [2.45, 2.75) is 13.0 Å². The Hall–Kier alpha value is -2.31. The van der Waals surface area contributed by atoms with Crippen LogP contribution in [0.5, 0.6) is 0 Å². The van der Waals surface area contributed by atoms with Crippen LogP contribution >= 0.6 is 0 Å². The highest BCUT2D eigenvalue weighted by Crippen LogP contribution is 2.22. The van der Waals surface area contributed by atoms with E-state index >= 15 is 0 Å². The smallest absolute Gasteiger partial charge is 0.250 e. The molecule has 1 aromatic rings. The van der Waals surface area contributed by atoms with Crippen LogP contribution in [-0.2, 0) is 4.79 Å². The van der Waals surface area contributed by atoms with E-state index in [9.17, 15) is 14.0 Å². The molecule has 1 unspecified atom stereocenters. The number of hydrogen-bond donors (Lipinski definition) is 4. The van der Waals surface area contributed by atoms with Gasteiger partial charge in [0.2, 0.25) is 5.91 Å². The number of amides is 2. The zero-order chi connectivity index (χ0) is 13.2. The molecule has 0 heterocycles. The van der Waals surface area contributed by atoms with Crippen molar-refractivity contribution in [3.05, 3.63) is 23.5 Å². The molecule has 6 nitrogen and oxygen atoms in total. The second kappa shape index (κ2) is 4.69. The summed E-state index contributed by atoms with van der Waals surface area (Å²) in [6.45, 7) is 1.46. The number of carbonyl (C=O) groups excluding carboxylic acids is 2. The number of primary amides is 2. The predicted octanol–water partition coefficient (Wildman–Crippen LogP) is -0.208. The lowest BCUT2D eigenvalue weighted by atomic mass is 10.1. The second-order valence-electron chi connectivity index (χ2n) is 3.55. The molecule has 17 heavy (non-hydrogen) atoms. The summed E-state index contributed by atoms with van der Waals surface area (Å²) in [7, 11) is 0. The summed E-state index contributed by atoms with van der Waals surface area (Å²) in [5.74, 6) is -2.13. The van der Waals surface area contributed by atoms with Crippen LogP contribution in [0.25, 0.3) is 0 Å². The Morgan fingerprint density at radius 2 is 1.94 bits per heavy atom. The van der Waals surface area contributed by atoms with Crippen LogP contribution in [0.15, 0.2) is 12.1 Å². The first-order chi connectivity index (χ1) is 7.82. The number of hydrogen-bond acceptors (Lipinski definition) is 4. The Kier molecular flexibility index (Phi) is 3.52. The number of nitrogens with two attached hydrogens (primary N) is 3. The number of rotatable bonds is 4. The average Bonchev–Trinajstić information content (AvgIpc) is 2.21. The van der Waals surface area contributed by atoms with Crippen molar-refractivity contribution in [2.24, 2.45) is 11.5 Å². The summed E-state index contributed by atoms with van der Waals surface area (Å²) in [4.78, 5) is 21.8. The van der Waals surface area contributed by atoms with Crippen LogP contribution in [0.2, 0.25) is 0 Å². The van der Waals surface area contributed by atoms with Gasteiger partial charge in [-0.25, -0.2) is 4.39 Å². The Balaban J connectivity index is 3.12. The third kappa shape index (κ3) is 2.83. The van der Waals surface area contributed by atoms with E-state index in [2.05, 4.69) is 5.32 Å². The minimum atomic E-state index is -0.783. The van der Waals surface area contributed by atoms with Gasteiger partial charge in [-0.05, 0) is 19.1 Å². The first kappa shape index (κ1) is 12.8. The zero-order valence-corrected chi connectivity index (χ0v) is 9.16. The van der Waals surface area contributed by atoms with E-state index in [-0.39, 0.29) is 16.9 Å². The molecule has 0 radical (unpaired) electrons. The average molecular weight is 240 g/mol. The van der Waals surface area contributed by atoms with Crippen LogP contribution in [0, 0.1) is 5.82 Å². The minimum absolute atomic E-state index is 0.0226. The van der Waals surface area contributed by atoms with E-state index < -0.39 is 23.7 Å². The summed E-state index contributed by atoms with van der Waals surface area (Å²) >= 11 is 0. The Labute approximate surface area is 96.9 Å². The number of nitrogen functional groups attached to an aromatic ring is 1. The van der Waals surface area contributed by atoms with Crippen molar-refractivity contribution in [3.63, 3.8) is 0 Å². The maximum absolute atomic E-state index is 13.5. The van der Waals surface area contributed by atoms with Gasteiger partial charge in [0.25, 0.3) is 5.91 Å². The van der Waals surface area contributed by atoms with Gasteiger partial charge in [-0.1, -0.05) is 0 Å². The zero-order valence-electron chi connectivity index (χ0n) is 9.16. The van der Waals surface area contributed by atoms with Crippen molar-refractivity contribution in [2.75, 3.05) is 11.1 Å². The fourth-order valence-corrected chi connectivity index (χ4v) is 1.22. The molecule has 7 N–H and O–H groups in total. The second-order valence-corrected chi connectivity index (χ2v) is 3.55. The van der Waals surface area contributed by atoms with Gasteiger partial charge in [0.1, 0.15) is 11.9 Å². The molecule has 0 spiro atoms. The molecule has 0 aliphatic heterocycles. The van der Waals surface area contributed by atoms with Gasteiger partial charge in [-0.2, -0.15) is 0 Å². The predicted molar refractivity (Wildman–Crippen MR) is 61.6 cm³/mol. The molecule has 0 aliphatic carbocycles. The van der Waals surface area contributed by atoms with E-state index in [0.29, 0.717) is 0 Å². The summed E-state index contributed by atoms with van der Waals surface area (Å²) in [6, 6.07) is 1.32. The standard InChI is InChI=1S/C10H13FN4O2/c1-4(9(13)16)15-8-2-5(10(14)17)7(12)3-6(8)11/h2-4,15H,12H2,1H3,(H2,13,16)(H2,14,17). The Morgan fingerprint density at radius 1 is 1.35 bits per heavy atom. The van der Waals surface area contributed by atoms with Gasteiger partial charge in [-0.15, -0.1) is 0 Å². The molecule has 7 heteroatoms. The lowest BCUT2D eigenvalue weighted by Gasteiger charge is -2.14. The summed E-state index contributed by atoms with van der Waals surface area (Å²) in [6.07, 6.45) is 0. The van der Waals surface area contributed by atoms with Crippen molar-refractivity contribution in [1.82, 2.24) is 0 Å². The van der Waals surface area contributed by atoms with Crippen LogP contribution in [0.3, 0.4) is 0 Å². The Bertz CT molecular complexity index is 476. The highest BCUT2D eigenvalue weighted by atomic mass is 19.1. The maximum Gasteiger partial charge on any atom is 0.250 e. The van der Waals surface area contributed by atoms with Gasteiger partial charge in [0.15, 0.2) is 0 Å². The number of carbonyl (C=O) groups is 2. The molecule has 1 rings (SSSR count). The van der Waals surface area contributed by atoms with Crippen LogP contribution in [0.4, 0.5) is 15.8 Å². The third-order valence-electron chi connectivity index (χ3n) is 2.20. The number of anilines is 2. The fraction of sp³-hybridized carbons (Fsp3) is 0.200. The lowest BCUT2D eigenvalue weighted by molar-refractivity contribution is -0.118. The molecule has 0 bridgehead atoms. The monoisotopic (exact) mass is 240 g/mol. The van der Waals surface area contributed by atoms with Gasteiger partial charge in [-0.3, -0.25) is 9.59 Å². The fourth-order valence-electron chi connectivity index (χ4n) is 1.22. The highest BCUT2D eigenvalue weighted by Gasteiger charge is 2.15. The van der Waals surface area contributed by atoms with Crippen LogP contribution in [-0.4, -0.2) is 17.9 Å². The van der Waals surface area contributed by atoms with E-state index in [1.54, 1.807) is 0 Å². The van der Waals surface area contributed by atoms with E-state index in [0.717, 1.165) is 12.1 Å². The molecule has 92 valence electrons. The van der Waals surface area contributed by atoms with E-state index in [1.807, 2.05) is 0 Å². The highest BCUT2D eigenvalue weighted by molar-refractivity contribution is 5.99. The molecule has 0 aromatic heterocycles. The molecule has 0 fully saturated rings. The third-order valence-corrected chi connectivity index (χ3v) is 2.20. The molecule has 2 amide bonds. The van der Waals surface area contributed by atoms with E-state index in [1.165, 1.54) is 6.92 Å². The van der Waals surface area contributed by atoms with Gasteiger partial charge < -0.3 is 22.5 Å². The molecule has 0 aliphatic rings. The molecule has 1 atom stereocenters. The number of nitrogens with one attached hydrogen (secondary N) is 1. The first-order valence-corrected chi connectivity index (χ1v) is 4.77. The number of benzene rings is 1. The van der Waals surface area contributed by atoms with Crippen LogP contribution in [0.1, 0.15) is 17.3 Å². The summed E-state index contributed by atoms with van der Waals surface area (Å²) < 4.78 is 13.5. The summed E-state index contributed by atoms with van der Waals surface area (Å²) in [5.41, 5.74) is 15.4. The van der Waals surface area contributed by atoms with Crippen LogP contribution < -0.4 is 22.5 Å². The van der Waals surface area contributed by atoms with Crippen molar-refractivity contribution in [3.8, 4) is 0 Å². The molecular weight excluding hydrogens is 227 g/mol. The summed E-state index contributed by atoms with van der Waals surface area (Å²) in [5, 5.41) is 2.52. The lowest BCUT2D eigenvalue weighted by Crippen LogP contribution is -2.33. The quantitative estimate of drug-likeness (QED) is 0.543. The van der Waals surface area contributed by atoms with Crippen molar-refractivity contribution < 1.29 is 14.0 Å². The van der Waals surface area contributed by atoms with Gasteiger partial charge >= 0.3 is 0 Å².